The van der Waals surface area contributed by atoms with E-state index < -0.39 is 10.0 Å². The first kappa shape index (κ1) is 18.6. The molecule has 146 valence electrons. The zero-order chi connectivity index (χ0) is 19.7. The fourth-order valence-corrected chi connectivity index (χ4v) is 4.79. The normalized spacial score (nSPS) is 16.6. The molecule has 28 heavy (non-hydrogen) atoms. The third-order valence-corrected chi connectivity index (χ3v) is 6.29. The van der Waals surface area contributed by atoms with Crippen LogP contribution in [0.3, 0.4) is 0 Å². The molecule has 0 unspecified atom stereocenters. The molecule has 2 aromatic carbocycles. The predicted octanol–water partition coefficient (Wildman–Crippen LogP) is 2.39. The van der Waals surface area contributed by atoms with Crippen molar-refractivity contribution in [2.75, 3.05) is 7.11 Å². The molecule has 0 saturated carbocycles. The molecule has 9 heteroatoms. The standard InChI is InChI=1S/C19H19FN4O3S/c1-27-16-4-2-3-5-17(16)28(25,26)23-15-10-11-18-21-22-19(24(18)12-15)13-6-8-14(20)9-7-13/h2-9,15,23H,10-12H2,1H3/t15-/m1/s1. The monoisotopic (exact) mass is 402 g/mol. The summed E-state index contributed by atoms with van der Waals surface area (Å²) in [6, 6.07) is 12.2. The van der Waals surface area contributed by atoms with Crippen LogP contribution in [0.25, 0.3) is 11.4 Å². The van der Waals surface area contributed by atoms with Crippen LogP contribution >= 0.6 is 0 Å². The average molecular weight is 402 g/mol. The lowest BCUT2D eigenvalue weighted by atomic mass is 10.1. The van der Waals surface area contributed by atoms with E-state index in [0.717, 1.165) is 11.4 Å². The number of halogens is 1. The van der Waals surface area contributed by atoms with Crippen molar-refractivity contribution in [2.45, 2.75) is 30.3 Å². The Hall–Kier alpha value is -2.78. The van der Waals surface area contributed by atoms with Crippen molar-refractivity contribution < 1.29 is 17.5 Å². The molecule has 0 bridgehead atoms. The van der Waals surface area contributed by atoms with Gasteiger partial charge in [0.1, 0.15) is 22.3 Å². The molecular formula is C19H19FN4O3S. The first-order valence-electron chi connectivity index (χ1n) is 8.81. The molecule has 2 heterocycles. The Bertz CT molecular complexity index is 1100. The Labute approximate surface area is 162 Å². The number of rotatable bonds is 5. The van der Waals surface area contributed by atoms with Crippen LogP contribution < -0.4 is 9.46 Å². The molecule has 1 N–H and O–H groups in total. The highest BCUT2D eigenvalue weighted by Gasteiger charge is 2.28. The Kier molecular flexibility index (Phi) is 4.86. The van der Waals surface area contributed by atoms with Crippen LogP contribution in [0, 0.1) is 5.82 Å². The van der Waals surface area contributed by atoms with Gasteiger partial charge in [-0.25, -0.2) is 17.5 Å². The van der Waals surface area contributed by atoms with Crippen LogP contribution in [-0.2, 0) is 23.0 Å². The second-order valence-electron chi connectivity index (χ2n) is 6.57. The lowest BCUT2D eigenvalue weighted by Crippen LogP contribution is -2.41. The average Bonchev–Trinajstić information content (AvgIpc) is 3.11. The van der Waals surface area contributed by atoms with E-state index in [9.17, 15) is 12.8 Å². The van der Waals surface area contributed by atoms with E-state index in [4.69, 9.17) is 4.74 Å². The van der Waals surface area contributed by atoms with Gasteiger partial charge < -0.3 is 9.30 Å². The van der Waals surface area contributed by atoms with Gasteiger partial charge in [-0.15, -0.1) is 10.2 Å². The molecule has 0 aliphatic carbocycles. The van der Waals surface area contributed by atoms with Crippen LogP contribution in [0.1, 0.15) is 12.2 Å². The molecule has 0 radical (unpaired) electrons. The van der Waals surface area contributed by atoms with Crippen LogP contribution in [0.15, 0.2) is 53.4 Å². The quantitative estimate of drug-likeness (QED) is 0.708. The second kappa shape index (κ2) is 7.33. The van der Waals surface area contributed by atoms with Crippen LogP contribution in [-0.4, -0.2) is 36.3 Å². The highest BCUT2D eigenvalue weighted by atomic mass is 32.2. The maximum atomic E-state index is 13.2. The minimum absolute atomic E-state index is 0.103. The topological polar surface area (TPSA) is 86.1 Å². The SMILES string of the molecule is COc1ccccc1S(=O)(=O)N[C@@H]1CCc2nnc(-c3ccc(F)cc3)n2C1. The first-order valence-corrected chi connectivity index (χ1v) is 10.3. The van der Waals surface area contributed by atoms with E-state index in [2.05, 4.69) is 14.9 Å². The van der Waals surface area contributed by atoms with E-state index in [0.29, 0.717) is 31.0 Å². The smallest absolute Gasteiger partial charge is 0.244 e. The van der Waals surface area contributed by atoms with Gasteiger partial charge in [-0.2, -0.15) is 0 Å². The van der Waals surface area contributed by atoms with Gasteiger partial charge in [0.2, 0.25) is 10.0 Å². The number of para-hydroxylation sites is 1. The number of methoxy groups -OCH3 is 1. The van der Waals surface area contributed by atoms with Gasteiger partial charge in [0.25, 0.3) is 0 Å². The number of nitrogens with one attached hydrogen (secondary N) is 1. The zero-order valence-corrected chi connectivity index (χ0v) is 16.0. The van der Waals surface area contributed by atoms with Crippen LogP contribution in [0.2, 0.25) is 0 Å². The van der Waals surface area contributed by atoms with E-state index >= 15 is 0 Å². The van der Waals surface area contributed by atoms with Crippen LogP contribution in [0.5, 0.6) is 5.75 Å². The molecule has 1 aliphatic heterocycles. The Morgan fingerprint density at radius 2 is 1.89 bits per heavy atom. The highest BCUT2D eigenvalue weighted by molar-refractivity contribution is 7.89. The Balaban J connectivity index is 1.59. The van der Waals surface area contributed by atoms with Gasteiger partial charge >= 0.3 is 0 Å². The van der Waals surface area contributed by atoms with E-state index in [1.165, 1.54) is 25.3 Å². The molecule has 1 aromatic heterocycles. The lowest BCUT2D eigenvalue weighted by Gasteiger charge is -2.25. The van der Waals surface area contributed by atoms with Gasteiger partial charge in [0, 0.05) is 24.6 Å². The maximum absolute atomic E-state index is 13.2. The number of nitrogens with zero attached hydrogens (tertiary/aromatic N) is 3. The van der Waals surface area contributed by atoms with Gasteiger partial charge in [0.05, 0.1) is 7.11 Å². The van der Waals surface area contributed by atoms with E-state index in [-0.39, 0.29) is 16.8 Å². The van der Waals surface area contributed by atoms with Gasteiger partial charge in [-0.3, -0.25) is 0 Å². The third kappa shape index (κ3) is 3.50. The summed E-state index contributed by atoms with van der Waals surface area (Å²) in [6.07, 6.45) is 1.20. The summed E-state index contributed by atoms with van der Waals surface area (Å²) in [5, 5.41) is 8.40. The van der Waals surface area contributed by atoms with E-state index in [1.807, 2.05) is 4.57 Å². The van der Waals surface area contributed by atoms with Crippen molar-refractivity contribution in [1.29, 1.82) is 0 Å². The number of aryl methyl sites for hydroxylation is 1. The number of benzene rings is 2. The van der Waals surface area contributed by atoms with Crippen molar-refractivity contribution in [3.8, 4) is 17.1 Å². The van der Waals surface area contributed by atoms with Crippen molar-refractivity contribution in [3.05, 3.63) is 60.2 Å². The van der Waals surface area contributed by atoms with Gasteiger partial charge in [-0.1, -0.05) is 12.1 Å². The summed E-state index contributed by atoms with van der Waals surface area (Å²) in [5.74, 6) is 1.34. The number of aromatic nitrogens is 3. The summed E-state index contributed by atoms with van der Waals surface area (Å²) in [5.41, 5.74) is 0.730. The number of sulfonamides is 1. The lowest BCUT2D eigenvalue weighted by molar-refractivity contribution is 0.398. The van der Waals surface area contributed by atoms with Crippen LogP contribution in [0.4, 0.5) is 4.39 Å². The number of hydrogen-bond donors (Lipinski definition) is 1. The Morgan fingerprint density at radius 1 is 1.14 bits per heavy atom. The Morgan fingerprint density at radius 3 is 2.64 bits per heavy atom. The van der Waals surface area contributed by atoms with Gasteiger partial charge in [0.15, 0.2) is 5.82 Å². The maximum Gasteiger partial charge on any atom is 0.244 e. The van der Waals surface area contributed by atoms with Crippen molar-refractivity contribution in [3.63, 3.8) is 0 Å². The molecule has 1 aliphatic rings. The molecular weight excluding hydrogens is 383 g/mol. The molecule has 0 spiro atoms. The minimum Gasteiger partial charge on any atom is -0.495 e. The molecule has 7 nitrogen and oxygen atoms in total. The van der Waals surface area contributed by atoms with Gasteiger partial charge in [-0.05, 0) is 42.8 Å². The summed E-state index contributed by atoms with van der Waals surface area (Å²) < 4.78 is 48.7. The second-order valence-corrected chi connectivity index (χ2v) is 8.25. The summed E-state index contributed by atoms with van der Waals surface area (Å²) in [4.78, 5) is 0.103. The summed E-state index contributed by atoms with van der Waals surface area (Å²) >= 11 is 0. The fourth-order valence-electron chi connectivity index (χ4n) is 3.36. The largest absolute Gasteiger partial charge is 0.495 e. The predicted molar refractivity (Wildman–Crippen MR) is 101 cm³/mol. The fraction of sp³-hybridized carbons (Fsp3) is 0.263. The summed E-state index contributed by atoms with van der Waals surface area (Å²) in [6.45, 7) is 0.392. The third-order valence-electron chi connectivity index (χ3n) is 4.73. The van der Waals surface area contributed by atoms with E-state index in [1.54, 1.807) is 30.3 Å². The number of hydrogen-bond acceptors (Lipinski definition) is 5. The number of fused-ring (bicyclic) bond motifs is 1. The molecule has 0 amide bonds. The minimum atomic E-state index is -3.75. The van der Waals surface area contributed by atoms with Crippen molar-refractivity contribution in [1.82, 2.24) is 19.5 Å². The first-order chi connectivity index (χ1) is 13.5. The zero-order valence-electron chi connectivity index (χ0n) is 15.2. The van der Waals surface area contributed by atoms with Crippen molar-refractivity contribution in [2.24, 2.45) is 0 Å². The molecule has 1 atom stereocenters. The molecule has 3 aromatic rings. The number of ether oxygens (including phenoxy) is 1. The molecule has 4 rings (SSSR count). The highest BCUT2D eigenvalue weighted by Crippen LogP contribution is 2.26. The van der Waals surface area contributed by atoms with Crippen molar-refractivity contribution >= 4 is 10.0 Å². The summed E-state index contributed by atoms with van der Waals surface area (Å²) in [7, 11) is -2.31. The molecule has 0 saturated heterocycles. The molecule has 0 fully saturated rings.